The Labute approximate surface area is 156 Å². The zero-order valence-corrected chi connectivity index (χ0v) is 15.1. The van der Waals surface area contributed by atoms with Crippen LogP contribution in [0.25, 0.3) is 10.8 Å². The van der Waals surface area contributed by atoms with Gasteiger partial charge in [0.2, 0.25) is 0 Å². The molecule has 0 spiro atoms. The fourth-order valence-electron chi connectivity index (χ4n) is 2.41. The van der Waals surface area contributed by atoms with Crippen LogP contribution in [-0.4, -0.2) is 24.8 Å². The monoisotopic (exact) mass is 371 g/mol. The van der Waals surface area contributed by atoms with Gasteiger partial charge >= 0.3 is 0 Å². The Kier molecular flexibility index (Phi) is 6.20. The van der Waals surface area contributed by atoms with Crippen LogP contribution < -0.4 is 10.1 Å². The van der Waals surface area contributed by atoms with Crippen LogP contribution in [0.1, 0.15) is 0 Å². The highest BCUT2D eigenvalue weighted by Gasteiger charge is 2.05. The number of hydrogen-bond acceptors (Lipinski definition) is 3. The minimum atomic E-state index is -0.121. The molecule has 3 rings (SSSR count). The molecule has 3 nitrogen and oxygen atoms in total. The summed E-state index contributed by atoms with van der Waals surface area (Å²) in [6, 6.07) is 21.5. The van der Waals surface area contributed by atoms with E-state index in [1.165, 1.54) is 0 Å². The third-order valence-corrected chi connectivity index (χ3v) is 4.88. The summed E-state index contributed by atoms with van der Waals surface area (Å²) in [5.41, 5.74) is 0. The maximum atomic E-state index is 11.9. The second kappa shape index (κ2) is 8.79. The van der Waals surface area contributed by atoms with E-state index in [0.29, 0.717) is 6.54 Å². The second-order valence-corrected chi connectivity index (χ2v) is 7.02. The van der Waals surface area contributed by atoms with E-state index in [4.69, 9.17) is 16.3 Å². The zero-order chi connectivity index (χ0) is 17.5. The lowest BCUT2D eigenvalue weighted by Gasteiger charge is -2.10. The molecule has 5 heteroatoms. The molecule has 0 aromatic heterocycles. The number of amides is 1. The fraction of sp³-hybridized carbons (Fsp3) is 0.150. The van der Waals surface area contributed by atoms with Gasteiger partial charge in [-0.2, -0.15) is 0 Å². The number of hydrogen-bond donors (Lipinski definition) is 1. The van der Waals surface area contributed by atoms with Crippen LogP contribution >= 0.6 is 23.4 Å². The van der Waals surface area contributed by atoms with E-state index in [9.17, 15) is 4.79 Å². The Hall–Kier alpha value is -2.17. The summed E-state index contributed by atoms with van der Waals surface area (Å²) in [6.07, 6.45) is 0. The summed E-state index contributed by atoms with van der Waals surface area (Å²) >= 11 is 7.53. The first kappa shape index (κ1) is 17.6. The Balaban J connectivity index is 1.42. The molecular formula is C20H18ClNO2S. The van der Waals surface area contributed by atoms with Crippen LogP contribution in [0.2, 0.25) is 5.02 Å². The van der Waals surface area contributed by atoms with Crippen LogP contribution in [0.3, 0.4) is 0 Å². The van der Waals surface area contributed by atoms with Gasteiger partial charge in [-0.05, 0) is 35.7 Å². The predicted molar refractivity (Wildman–Crippen MR) is 105 cm³/mol. The molecule has 0 saturated carbocycles. The maximum absolute atomic E-state index is 11.9. The molecule has 0 aliphatic rings. The molecule has 0 aliphatic carbocycles. The van der Waals surface area contributed by atoms with Gasteiger partial charge in [0.1, 0.15) is 5.75 Å². The van der Waals surface area contributed by atoms with Gasteiger partial charge in [0.15, 0.2) is 6.61 Å². The van der Waals surface area contributed by atoms with Crippen molar-refractivity contribution in [3.63, 3.8) is 0 Å². The first-order valence-electron chi connectivity index (χ1n) is 7.98. The van der Waals surface area contributed by atoms with E-state index in [1.807, 2.05) is 66.7 Å². The second-order valence-electron chi connectivity index (χ2n) is 5.42. The summed E-state index contributed by atoms with van der Waals surface area (Å²) < 4.78 is 5.68. The summed E-state index contributed by atoms with van der Waals surface area (Å²) in [5, 5.41) is 5.70. The highest BCUT2D eigenvalue weighted by molar-refractivity contribution is 7.99. The molecule has 25 heavy (non-hydrogen) atoms. The van der Waals surface area contributed by atoms with E-state index in [0.717, 1.165) is 32.2 Å². The Morgan fingerprint density at radius 2 is 1.76 bits per heavy atom. The van der Waals surface area contributed by atoms with E-state index in [2.05, 4.69) is 5.32 Å². The Morgan fingerprint density at radius 3 is 2.60 bits per heavy atom. The van der Waals surface area contributed by atoms with Gasteiger partial charge in [-0.1, -0.05) is 48.0 Å². The average molecular weight is 372 g/mol. The zero-order valence-electron chi connectivity index (χ0n) is 13.6. The van der Waals surface area contributed by atoms with Gasteiger partial charge < -0.3 is 10.1 Å². The minimum absolute atomic E-state index is 0.0135. The third-order valence-electron chi connectivity index (χ3n) is 3.61. The van der Waals surface area contributed by atoms with Crippen molar-refractivity contribution in [2.24, 2.45) is 0 Å². The lowest BCUT2D eigenvalue weighted by Crippen LogP contribution is -2.30. The van der Waals surface area contributed by atoms with Gasteiger partial charge in [0.05, 0.1) is 0 Å². The summed E-state index contributed by atoms with van der Waals surface area (Å²) in [5.74, 6) is 1.40. The van der Waals surface area contributed by atoms with Crippen LogP contribution in [0, 0.1) is 0 Å². The molecule has 0 fully saturated rings. The largest absolute Gasteiger partial charge is 0.483 e. The van der Waals surface area contributed by atoms with Gasteiger partial charge in [0.25, 0.3) is 5.91 Å². The van der Waals surface area contributed by atoms with Crippen molar-refractivity contribution in [3.8, 4) is 5.75 Å². The Morgan fingerprint density at radius 1 is 1.00 bits per heavy atom. The number of ether oxygens (including phenoxy) is 1. The number of rotatable bonds is 7. The third kappa shape index (κ3) is 5.15. The normalized spacial score (nSPS) is 10.6. The number of carbonyl (C=O) groups excluding carboxylic acids is 1. The number of halogens is 1. The Bertz CT molecular complexity index is 846. The predicted octanol–water partition coefficient (Wildman–Crippen LogP) is 4.78. The number of thioether (sulfide) groups is 1. The molecule has 0 unspecified atom stereocenters. The maximum Gasteiger partial charge on any atom is 0.257 e. The molecule has 128 valence electrons. The number of fused-ring (bicyclic) bond motifs is 1. The topological polar surface area (TPSA) is 38.3 Å². The molecule has 3 aromatic carbocycles. The van der Waals surface area contributed by atoms with Crippen molar-refractivity contribution >= 4 is 40.0 Å². The highest BCUT2D eigenvalue weighted by Crippen LogP contribution is 2.25. The lowest BCUT2D eigenvalue weighted by atomic mass is 10.1. The molecule has 1 amide bonds. The lowest BCUT2D eigenvalue weighted by molar-refractivity contribution is -0.122. The van der Waals surface area contributed by atoms with E-state index < -0.39 is 0 Å². The van der Waals surface area contributed by atoms with Crippen molar-refractivity contribution in [1.82, 2.24) is 5.32 Å². The molecule has 0 radical (unpaired) electrons. The van der Waals surface area contributed by atoms with Gasteiger partial charge in [-0.25, -0.2) is 0 Å². The van der Waals surface area contributed by atoms with Crippen molar-refractivity contribution in [1.29, 1.82) is 0 Å². The standard InChI is InChI=1S/C20H18ClNO2S/c21-16-8-10-17(11-9-16)25-13-12-22-20(23)14-24-19-7-3-5-15-4-1-2-6-18(15)19/h1-11H,12-14H2,(H,22,23). The van der Waals surface area contributed by atoms with Crippen LogP contribution in [0.4, 0.5) is 0 Å². The average Bonchev–Trinajstić information content (AvgIpc) is 2.65. The molecule has 0 aliphatic heterocycles. The minimum Gasteiger partial charge on any atom is -0.483 e. The number of carbonyl (C=O) groups is 1. The quantitative estimate of drug-likeness (QED) is 0.479. The van der Waals surface area contributed by atoms with Crippen molar-refractivity contribution in [2.45, 2.75) is 4.90 Å². The highest BCUT2D eigenvalue weighted by atomic mass is 35.5. The SMILES string of the molecule is O=C(COc1cccc2ccccc12)NCCSc1ccc(Cl)cc1. The van der Waals surface area contributed by atoms with Crippen LogP contribution in [0.5, 0.6) is 5.75 Å². The number of benzene rings is 3. The number of nitrogens with one attached hydrogen (secondary N) is 1. The summed E-state index contributed by atoms with van der Waals surface area (Å²) in [7, 11) is 0. The summed E-state index contributed by atoms with van der Waals surface area (Å²) in [4.78, 5) is 13.1. The first-order chi connectivity index (χ1) is 12.2. The van der Waals surface area contributed by atoms with E-state index in [-0.39, 0.29) is 12.5 Å². The molecule has 1 N–H and O–H groups in total. The molecular weight excluding hydrogens is 354 g/mol. The first-order valence-corrected chi connectivity index (χ1v) is 9.34. The van der Waals surface area contributed by atoms with E-state index in [1.54, 1.807) is 11.8 Å². The van der Waals surface area contributed by atoms with Gasteiger partial charge in [0, 0.05) is 27.6 Å². The van der Waals surface area contributed by atoms with Crippen molar-refractivity contribution in [3.05, 3.63) is 71.8 Å². The van der Waals surface area contributed by atoms with Crippen LogP contribution in [-0.2, 0) is 4.79 Å². The summed E-state index contributed by atoms with van der Waals surface area (Å²) in [6.45, 7) is 0.602. The molecule has 0 heterocycles. The molecule has 0 atom stereocenters. The van der Waals surface area contributed by atoms with Crippen molar-refractivity contribution < 1.29 is 9.53 Å². The molecule has 3 aromatic rings. The van der Waals surface area contributed by atoms with Crippen LogP contribution in [0.15, 0.2) is 71.6 Å². The van der Waals surface area contributed by atoms with Gasteiger partial charge in [-0.3, -0.25) is 4.79 Å². The smallest absolute Gasteiger partial charge is 0.257 e. The molecule has 0 bridgehead atoms. The van der Waals surface area contributed by atoms with Crippen molar-refractivity contribution in [2.75, 3.05) is 18.9 Å². The van der Waals surface area contributed by atoms with Gasteiger partial charge in [-0.15, -0.1) is 11.8 Å². The fourth-order valence-corrected chi connectivity index (χ4v) is 3.30. The van der Waals surface area contributed by atoms with E-state index >= 15 is 0 Å². The molecule has 0 saturated heterocycles.